The predicted octanol–water partition coefficient (Wildman–Crippen LogP) is 3.39. The summed E-state index contributed by atoms with van der Waals surface area (Å²) in [6, 6.07) is 10.4. The van der Waals surface area contributed by atoms with Gasteiger partial charge in [0.1, 0.15) is 5.75 Å². The van der Waals surface area contributed by atoms with Crippen LogP contribution in [0.5, 0.6) is 5.75 Å². The molecule has 0 radical (unpaired) electrons. The molecular weight excluding hydrogens is 212 g/mol. The van der Waals surface area contributed by atoms with Gasteiger partial charge in [-0.3, -0.25) is 0 Å². The Morgan fingerprint density at radius 1 is 1.18 bits per heavy atom. The first-order valence-electron chi connectivity index (χ1n) is 5.65. The molecule has 2 nitrogen and oxygen atoms in total. The fourth-order valence-corrected chi connectivity index (χ4v) is 2.37. The van der Waals surface area contributed by atoms with Crippen LogP contribution in [0.15, 0.2) is 36.9 Å². The van der Waals surface area contributed by atoms with Crippen LogP contribution in [0.2, 0.25) is 0 Å². The van der Waals surface area contributed by atoms with Crippen molar-refractivity contribution in [2.45, 2.75) is 6.61 Å². The topological polar surface area (TPSA) is 18.5 Å². The minimum atomic E-state index is 0.623. The molecule has 86 valence electrons. The zero-order chi connectivity index (χ0) is 11.8. The Bertz CT molecular complexity index is 599. The lowest BCUT2D eigenvalue weighted by atomic mass is 9.93. The van der Waals surface area contributed by atoms with Crippen molar-refractivity contribution in [1.29, 1.82) is 0 Å². The molecule has 17 heavy (non-hydrogen) atoms. The van der Waals surface area contributed by atoms with Crippen LogP contribution in [0.4, 0.5) is 0 Å². The molecule has 0 aromatic heterocycles. The van der Waals surface area contributed by atoms with Crippen molar-refractivity contribution in [2.75, 3.05) is 13.7 Å². The first kappa shape index (κ1) is 10.4. The van der Waals surface area contributed by atoms with Gasteiger partial charge in [0.05, 0.1) is 20.3 Å². The van der Waals surface area contributed by atoms with Gasteiger partial charge >= 0.3 is 0 Å². The Labute approximate surface area is 100 Å². The van der Waals surface area contributed by atoms with E-state index in [9.17, 15) is 0 Å². The predicted molar refractivity (Wildman–Crippen MR) is 69.2 cm³/mol. The van der Waals surface area contributed by atoms with Gasteiger partial charge in [-0.05, 0) is 39.6 Å². The minimum absolute atomic E-state index is 0.623. The molecule has 0 unspecified atom stereocenters. The van der Waals surface area contributed by atoms with E-state index in [0.29, 0.717) is 13.2 Å². The summed E-state index contributed by atoms with van der Waals surface area (Å²) in [5.74, 6) is 0.884. The van der Waals surface area contributed by atoms with Crippen LogP contribution in [-0.2, 0) is 11.3 Å². The van der Waals surface area contributed by atoms with Crippen molar-refractivity contribution >= 4 is 16.3 Å². The molecule has 1 aliphatic heterocycles. The van der Waals surface area contributed by atoms with Crippen LogP contribution in [0.25, 0.3) is 16.3 Å². The zero-order valence-corrected chi connectivity index (χ0v) is 9.82. The molecule has 1 aliphatic rings. The van der Waals surface area contributed by atoms with E-state index >= 15 is 0 Å². The third-order valence-electron chi connectivity index (χ3n) is 3.20. The molecular formula is C15H14O2. The third-order valence-corrected chi connectivity index (χ3v) is 3.20. The second-order valence-electron chi connectivity index (χ2n) is 4.28. The van der Waals surface area contributed by atoms with Gasteiger partial charge in [0.2, 0.25) is 0 Å². The van der Waals surface area contributed by atoms with E-state index in [1.54, 1.807) is 7.11 Å². The van der Waals surface area contributed by atoms with E-state index in [1.807, 2.05) is 6.07 Å². The van der Waals surface area contributed by atoms with Crippen molar-refractivity contribution < 1.29 is 9.47 Å². The van der Waals surface area contributed by atoms with Crippen LogP contribution in [0.3, 0.4) is 0 Å². The van der Waals surface area contributed by atoms with Crippen molar-refractivity contribution in [2.24, 2.45) is 0 Å². The van der Waals surface area contributed by atoms with Crippen LogP contribution < -0.4 is 4.74 Å². The molecule has 0 saturated heterocycles. The lowest BCUT2D eigenvalue weighted by molar-refractivity contribution is 0.147. The number of methoxy groups -OCH3 is 1. The van der Waals surface area contributed by atoms with Crippen molar-refractivity contribution in [1.82, 2.24) is 0 Å². The maximum absolute atomic E-state index is 5.48. The highest BCUT2D eigenvalue weighted by atomic mass is 16.5. The van der Waals surface area contributed by atoms with E-state index in [1.165, 1.54) is 21.9 Å². The monoisotopic (exact) mass is 226 g/mol. The summed E-state index contributed by atoms with van der Waals surface area (Å²) in [5, 5.41) is 2.42. The highest BCUT2D eigenvalue weighted by Crippen LogP contribution is 2.33. The van der Waals surface area contributed by atoms with E-state index < -0.39 is 0 Å². The van der Waals surface area contributed by atoms with Gasteiger partial charge in [-0.2, -0.15) is 0 Å². The second-order valence-corrected chi connectivity index (χ2v) is 4.28. The molecule has 0 saturated carbocycles. The summed E-state index contributed by atoms with van der Waals surface area (Å²) in [5.41, 5.74) is 3.53. The van der Waals surface area contributed by atoms with Gasteiger partial charge in [0, 0.05) is 0 Å². The van der Waals surface area contributed by atoms with E-state index in [4.69, 9.17) is 9.47 Å². The number of ether oxygens (including phenoxy) is 2. The molecule has 0 spiro atoms. The summed E-state index contributed by atoms with van der Waals surface area (Å²) in [4.78, 5) is 0. The molecule has 1 heterocycles. The largest absolute Gasteiger partial charge is 0.497 e. The fourth-order valence-electron chi connectivity index (χ4n) is 2.37. The summed E-state index contributed by atoms with van der Waals surface area (Å²) in [6.45, 7) is 5.39. The molecule has 2 heteroatoms. The molecule has 0 aliphatic carbocycles. The first-order chi connectivity index (χ1) is 8.29. The Morgan fingerprint density at radius 2 is 2.06 bits per heavy atom. The van der Waals surface area contributed by atoms with Gasteiger partial charge in [-0.1, -0.05) is 24.8 Å². The van der Waals surface area contributed by atoms with E-state index in [-0.39, 0.29) is 0 Å². The number of fused-ring (bicyclic) bond motifs is 3. The number of benzene rings is 2. The average Bonchev–Trinajstić information content (AvgIpc) is 2.38. The van der Waals surface area contributed by atoms with E-state index in [0.717, 1.165) is 11.3 Å². The van der Waals surface area contributed by atoms with Crippen molar-refractivity contribution in [3.05, 3.63) is 48.0 Å². The Morgan fingerprint density at radius 3 is 2.88 bits per heavy atom. The maximum atomic E-state index is 5.48. The molecule has 3 rings (SSSR count). The summed E-state index contributed by atoms with van der Waals surface area (Å²) in [6.07, 6.45) is 0. The number of hydrogen-bond donors (Lipinski definition) is 0. The summed E-state index contributed by atoms with van der Waals surface area (Å²) in [7, 11) is 1.69. The average molecular weight is 226 g/mol. The normalized spacial score (nSPS) is 14.8. The van der Waals surface area contributed by atoms with Crippen molar-refractivity contribution in [3.8, 4) is 5.75 Å². The third kappa shape index (κ3) is 1.61. The second kappa shape index (κ2) is 3.90. The lowest BCUT2D eigenvalue weighted by Crippen LogP contribution is -2.08. The summed E-state index contributed by atoms with van der Waals surface area (Å²) >= 11 is 0. The molecule has 0 bridgehead atoms. The van der Waals surface area contributed by atoms with Crippen LogP contribution in [0, 0.1) is 0 Å². The van der Waals surface area contributed by atoms with Crippen molar-refractivity contribution in [3.63, 3.8) is 0 Å². The molecule has 0 N–H and O–H groups in total. The fraction of sp³-hybridized carbons (Fsp3) is 0.200. The molecule has 0 amide bonds. The minimum Gasteiger partial charge on any atom is -0.497 e. The summed E-state index contributed by atoms with van der Waals surface area (Å²) < 4.78 is 10.7. The standard InChI is InChI=1S/C15H14O2/c1-10-8-17-9-12-4-3-11-7-13(16-2)5-6-14(11)15(10)12/h3-7H,1,8-9H2,2H3. The Hall–Kier alpha value is -1.80. The van der Waals surface area contributed by atoms with Gasteiger partial charge in [-0.15, -0.1) is 0 Å². The van der Waals surface area contributed by atoms with Gasteiger partial charge in [-0.25, -0.2) is 0 Å². The Kier molecular flexibility index (Phi) is 2.37. The lowest BCUT2D eigenvalue weighted by Gasteiger charge is -2.20. The van der Waals surface area contributed by atoms with Crippen LogP contribution >= 0.6 is 0 Å². The number of hydrogen-bond acceptors (Lipinski definition) is 2. The maximum Gasteiger partial charge on any atom is 0.119 e. The highest BCUT2D eigenvalue weighted by Gasteiger charge is 2.15. The van der Waals surface area contributed by atoms with Gasteiger partial charge < -0.3 is 9.47 Å². The number of rotatable bonds is 1. The molecule has 2 aromatic rings. The van der Waals surface area contributed by atoms with E-state index in [2.05, 4.69) is 30.8 Å². The van der Waals surface area contributed by atoms with Crippen LogP contribution in [-0.4, -0.2) is 13.7 Å². The van der Waals surface area contributed by atoms with Gasteiger partial charge in [0.25, 0.3) is 0 Å². The zero-order valence-electron chi connectivity index (χ0n) is 9.82. The smallest absolute Gasteiger partial charge is 0.119 e. The SMILES string of the molecule is C=C1COCc2ccc3cc(OC)ccc3c21. The van der Waals surface area contributed by atoms with Gasteiger partial charge in [0.15, 0.2) is 0 Å². The highest BCUT2D eigenvalue weighted by molar-refractivity contribution is 5.96. The van der Waals surface area contributed by atoms with Crippen LogP contribution in [0.1, 0.15) is 11.1 Å². The first-order valence-corrected chi connectivity index (χ1v) is 5.65. The molecule has 0 fully saturated rings. The quantitative estimate of drug-likeness (QED) is 0.742. The Balaban J connectivity index is 2.30. The molecule has 2 aromatic carbocycles. The molecule has 0 atom stereocenters.